The summed E-state index contributed by atoms with van der Waals surface area (Å²) in [5.41, 5.74) is 0. The molecule has 1 aliphatic heterocycles. The fourth-order valence-corrected chi connectivity index (χ4v) is 5.71. The van der Waals surface area contributed by atoms with Crippen LogP contribution in [0.4, 0.5) is 0 Å². The Morgan fingerprint density at radius 1 is 1.29 bits per heavy atom. The summed E-state index contributed by atoms with van der Waals surface area (Å²) in [5.74, 6) is 0.444. The molecule has 0 N–H and O–H groups in total. The minimum Gasteiger partial charge on any atom is -0.303 e. The normalized spacial score (nSPS) is 20.1. The maximum Gasteiger partial charge on any atom is 0.282 e. The SMILES string of the molecule is CCN(CC)CCN(Cc1cccs1)S(=O)(=O)N1CCCC(C)C1. The van der Waals surface area contributed by atoms with Gasteiger partial charge in [0, 0.05) is 37.6 Å². The first-order valence-electron chi connectivity index (χ1n) is 8.97. The van der Waals surface area contributed by atoms with E-state index in [9.17, 15) is 8.42 Å². The molecule has 5 nitrogen and oxygen atoms in total. The van der Waals surface area contributed by atoms with E-state index >= 15 is 0 Å². The molecule has 0 aromatic carbocycles. The summed E-state index contributed by atoms with van der Waals surface area (Å²) in [6.45, 7) is 11.4. The summed E-state index contributed by atoms with van der Waals surface area (Å²) in [5, 5.41) is 2.01. The van der Waals surface area contributed by atoms with E-state index in [0.717, 1.165) is 37.4 Å². The standard InChI is InChI=1S/C17H31N3O2S2/c1-4-18(5-2)11-12-20(15-17-9-7-13-23-17)24(21,22)19-10-6-8-16(3)14-19/h7,9,13,16H,4-6,8,10-12,14-15H2,1-3H3. The minimum absolute atomic E-state index is 0.444. The molecule has 2 heterocycles. The van der Waals surface area contributed by atoms with Gasteiger partial charge in [0.25, 0.3) is 10.2 Å². The Hall–Kier alpha value is -0.470. The van der Waals surface area contributed by atoms with Crippen LogP contribution in [0.3, 0.4) is 0 Å². The molecule has 0 saturated carbocycles. The van der Waals surface area contributed by atoms with Crippen molar-refractivity contribution in [2.24, 2.45) is 5.92 Å². The molecule has 0 spiro atoms. The molecule has 24 heavy (non-hydrogen) atoms. The third-order valence-corrected chi connectivity index (χ3v) is 7.55. The summed E-state index contributed by atoms with van der Waals surface area (Å²) in [6.07, 6.45) is 2.08. The van der Waals surface area contributed by atoms with Crippen molar-refractivity contribution in [3.63, 3.8) is 0 Å². The van der Waals surface area contributed by atoms with Crippen LogP contribution in [0, 0.1) is 5.92 Å². The first-order chi connectivity index (χ1) is 11.5. The lowest BCUT2D eigenvalue weighted by molar-refractivity contribution is 0.236. The van der Waals surface area contributed by atoms with Crippen LogP contribution >= 0.6 is 11.3 Å². The maximum atomic E-state index is 13.2. The van der Waals surface area contributed by atoms with Crippen LogP contribution in [0.25, 0.3) is 0 Å². The molecule has 0 radical (unpaired) electrons. The zero-order valence-electron chi connectivity index (χ0n) is 15.1. The first-order valence-corrected chi connectivity index (χ1v) is 11.2. The fraction of sp³-hybridized carbons (Fsp3) is 0.765. The molecule has 1 aliphatic rings. The fourth-order valence-electron chi connectivity index (χ4n) is 3.16. The number of hydrogen-bond acceptors (Lipinski definition) is 4. The van der Waals surface area contributed by atoms with E-state index < -0.39 is 10.2 Å². The Balaban J connectivity index is 2.13. The summed E-state index contributed by atoms with van der Waals surface area (Å²) < 4.78 is 29.7. The van der Waals surface area contributed by atoms with Crippen molar-refractivity contribution in [2.75, 3.05) is 39.3 Å². The highest BCUT2D eigenvalue weighted by molar-refractivity contribution is 7.86. The van der Waals surface area contributed by atoms with E-state index in [0.29, 0.717) is 32.1 Å². The third-order valence-electron chi connectivity index (χ3n) is 4.74. The molecule has 138 valence electrons. The van der Waals surface area contributed by atoms with E-state index in [-0.39, 0.29) is 0 Å². The highest BCUT2D eigenvalue weighted by Crippen LogP contribution is 2.23. The van der Waals surface area contributed by atoms with E-state index in [2.05, 4.69) is 25.7 Å². The van der Waals surface area contributed by atoms with Gasteiger partial charge in [-0.15, -0.1) is 11.3 Å². The first kappa shape index (κ1) is 19.8. The van der Waals surface area contributed by atoms with Gasteiger partial charge in [-0.1, -0.05) is 26.8 Å². The number of piperidine rings is 1. The van der Waals surface area contributed by atoms with Gasteiger partial charge in [-0.2, -0.15) is 17.0 Å². The largest absolute Gasteiger partial charge is 0.303 e. The van der Waals surface area contributed by atoms with Crippen LogP contribution in [-0.2, 0) is 16.8 Å². The molecular weight excluding hydrogens is 342 g/mol. The van der Waals surface area contributed by atoms with Crippen molar-refractivity contribution in [1.82, 2.24) is 13.5 Å². The van der Waals surface area contributed by atoms with Gasteiger partial charge in [0.1, 0.15) is 0 Å². The molecule has 1 aromatic heterocycles. The van der Waals surface area contributed by atoms with Crippen molar-refractivity contribution in [3.8, 4) is 0 Å². The summed E-state index contributed by atoms with van der Waals surface area (Å²) >= 11 is 1.62. The molecule has 1 unspecified atom stereocenters. The summed E-state index contributed by atoms with van der Waals surface area (Å²) in [6, 6.07) is 4.00. The van der Waals surface area contributed by atoms with E-state index in [1.165, 1.54) is 0 Å². The number of rotatable bonds is 9. The molecule has 2 rings (SSSR count). The zero-order valence-corrected chi connectivity index (χ0v) is 16.8. The molecule has 0 amide bonds. The van der Waals surface area contributed by atoms with Crippen LogP contribution < -0.4 is 0 Å². The second-order valence-electron chi connectivity index (χ2n) is 6.55. The van der Waals surface area contributed by atoms with Gasteiger partial charge in [0.05, 0.1) is 0 Å². The van der Waals surface area contributed by atoms with Crippen LogP contribution in [-0.4, -0.2) is 61.2 Å². The average Bonchev–Trinajstić information content (AvgIpc) is 3.07. The molecule has 1 saturated heterocycles. The van der Waals surface area contributed by atoms with E-state index in [1.54, 1.807) is 19.9 Å². The lowest BCUT2D eigenvalue weighted by Gasteiger charge is -2.35. The Morgan fingerprint density at radius 2 is 2.04 bits per heavy atom. The zero-order chi connectivity index (χ0) is 17.6. The average molecular weight is 374 g/mol. The summed E-state index contributed by atoms with van der Waals surface area (Å²) in [4.78, 5) is 3.37. The lowest BCUT2D eigenvalue weighted by Crippen LogP contribution is -2.49. The van der Waals surface area contributed by atoms with Crippen molar-refractivity contribution < 1.29 is 8.42 Å². The maximum absolute atomic E-state index is 13.2. The van der Waals surface area contributed by atoms with Gasteiger partial charge in [-0.05, 0) is 43.3 Å². The van der Waals surface area contributed by atoms with Crippen molar-refractivity contribution >= 4 is 21.5 Å². The number of hydrogen-bond donors (Lipinski definition) is 0. The second-order valence-corrected chi connectivity index (χ2v) is 9.51. The van der Waals surface area contributed by atoms with Crippen molar-refractivity contribution in [3.05, 3.63) is 22.4 Å². The van der Waals surface area contributed by atoms with Crippen LogP contribution in [0.15, 0.2) is 17.5 Å². The van der Waals surface area contributed by atoms with Gasteiger partial charge in [-0.25, -0.2) is 0 Å². The monoisotopic (exact) mass is 373 g/mol. The highest BCUT2D eigenvalue weighted by Gasteiger charge is 2.32. The van der Waals surface area contributed by atoms with Gasteiger partial charge < -0.3 is 4.90 Å². The van der Waals surface area contributed by atoms with Gasteiger partial charge >= 0.3 is 0 Å². The van der Waals surface area contributed by atoms with Crippen LogP contribution in [0.2, 0.25) is 0 Å². The molecule has 1 fully saturated rings. The van der Waals surface area contributed by atoms with Crippen molar-refractivity contribution in [1.29, 1.82) is 0 Å². The van der Waals surface area contributed by atoms with Gasteiger partial charge in [-0.3, -0.25) is 0 Å². The molecule has 1 aromatic rings. The van der Waals surface area contributed by atoms with E-state index in [1.807, 2.05) is 17.5 Å². The minimum atomic E-state index is -3.40. The quantitative estimate of drug-likeness (QED) is 0.668. The smallest absolute Gasteiger partial charge is 0.282 e. The Bertz CT molecular complexity index is 571. The highest BCUT2D eigenvalue weighted by atomic mass is 32.2. The Morgan fingerprint density at radius 3 is 2.62 bits per heavy atom. The number of nitrogens with zero attached hydrogens (tertiary/aromatic N) is 3. The van der Waals surface area contributed by atoms with Gasteiger partial charge in [0.15, 0.2) is 0 Å². The van der Waals surface area contributed by atoms with Crippen molar-refractivity contribution in [2.45, 2.75) is 40.2 Å². The Kier molecular flexibility index (Phi) is 7.68. The number of thiophene rings is 1. The predicted octanol–water partition coefficient (Wildman–Crippen LogP) is 2.87. The third kappa shape index (κ3) is 5.26. The van der Waals surface area contributed by atoms with Gasteiger partial charge in [0.2, 0.25) is 0 Å². The molecule has 1 atom stereocenters. The second kappa shape index (κ2) is 9.29. The predicted molar refractivity (Wildman–Crippen MR) is 101 cm³/mol. The molecule has 7 heteroatoms. The van der Waals surface area contributed by atoms with E-state index in [4.69, 9.17) is 0 Å². The molecular formula is C17H31N3O2S2. The van der Waals surface area contributed by atoms with Crippen LogP contribution in [0.5, 0.6) is 0 Å². The molecule has 0 bridgehead atoms. The lowest BCUT2D eigenvalue weighted by atomic mass is 10.0. The van der Waals surface area contributed by atoms with Crippen LogP contribution in [0.1, 0.15) is 38.5 Å². The molecule has 0 aliphatic carbocycles. The Labute approximate surface area is 151 Å². The number of likely N-dealkylation sites (N-methyl/N-ethyl adjacent to an activating group) is 1. The topological polar surface area (TPSA) is 43.9 Å². The summed E-state index contributed by atoms with van der Waals surface area (Å²) in [7, 11) is -3.40.